The fraction of sp³-hybridized carbons (Fsp3) is 0.588. The molecule has 6 rings (SSSR count). The minimum absolute atomic E-state index is 0.155. The summed E-state index contributed by atoms with van der Waals surface area (Å²) in [6.45, 7) is 0. The lowest BCUT2D eigenvalue weighted by Gasteiger charge is -2.54. The molecule has 5 nitrogen and oxygen atoms in total. The van der Waals surface area contributed by atoms with Crippen molar-refractivity contribution >= 4 is 23.2 Å². The first-order valence-corrected chi connectivity index (χ1v) is 8.86. The molecule has 4 bridgehead atoms. The van der Waals surface area contributed by atoms with Gasteiger partial charge in [0.2, 0.25) is 0 Å². The molecule has 1 amide bonds. The molecule has 0 spiro atoms. The first-order chi connectivity index (χ1) is 11.2. The molecule has 0 saturated heterocycles. The van der Waals surface area contributed by atoms with Crippen molar-refractivity contribution in [1.82, 2.24) is 19.9 Å². The second kappa shape index (κ2) is 4.94. The Morgan fingerprint density at radius 3 is 2.52 bits per heavy atom. The molecule has 4 aliphatic carbocycles. The standard InChI is InChI=1S/C17H19ClN4O/c18-13-15(21-22-3-1-2-19-16(13)22)17(23)20-14-11-5-9-4-10(7-11)8-12(14)6-9/h1-3,9-12,14H,4-8H2,(H,20,23). The molecular formula is C17H19ClN4O. The number of nitrogens with zero attached hydrogens (tertiary/aromatic N) is 3. The van der Waals surface area contributed by atoms with Crippen molar-refractivity contribution in [3.8, 4) is 0 Å². The van der Waals surface area contributed by atoms with Gasteiger partial charge in [-0.1, -0.05) is 11.6 Å². The zero-order valence-corrected chi connectivity index (χ0v) is 13.5. The first kappa shape index (κ1) is 13.8. The maximum absolute atomic E-state index is 12.7. The summed E-state index contributed by atoms with van der Waals surface area (Å²) in [6, 6.07) is 2.07. The van der Waals surface area contributed by atoms with Gasteiger partial charge >= 0.3 is 0 Å². The van der Waals surface area contributed by atoms with Crippen molar-refractivity contribution in [2.75, 3.05) is 0 Å². The van der Waals surface area contributed by atoms with Gasteiger partial charge in [-0.3, -0.25) is 4.79 Å². The largest absolute Gasteiger partial charge is 0.347 e. The summed E-state index contributed by atoms with van der Waals surface area (Å²) in [6.07, 6.45) is 9.93. The van der Waals surface area contributed by atoms with Crippen molar-refractivity contribution in [2.45, 2.75) is 38.1 Å². The van der Waals surface area contributed by atoms with E-state index in [1.807, 2.05) is 0 Å². The van der Waals surface area contributed by atoms with E-state index in [2.05, 4.69) is 15.4 Å². The Hall–Kier alpha value is -1.62. The third-order valence-corrected chi connectivity index (χ3v) is 6.43. The number of halogens is 1. The molecule has 23 heavy (non-hydrogen) atoms. The molecule has 6 heteroatoms. The van der Waals surface area contributed by atoms with Gasteiger partial charge < -0.3 is 5.32 Å². The van der Waals surface area contributed by atoms with Crippen LogP contribution in [-0.4, -0.2) is 26.5 Å². The van der Waals surface area contributed by atoms with Crippen LogP contribution < -0.4 is 5.32 Å². The van der Waals surface area contributed by atoms with E-state index >= 15 is 0 Å². The van der Waals surface area contributed by atoms with Crippen molar-refractivity contribution in [3.05, 3.63) is 29.2 Å². The highest BCUT2D eigenvalue weighted by Crippen LogP contribution is 2.53. The summed E-state index contributed by atoms with van der Waals surface area (Å²) in [5, 5.41) is 7.90. The minimum atomic E-state index is -0.155. The first-order valence-electron chi connectivity index (χ1n) is 8.48. The Balaban J connectivity index is 1.41. The molecule has 120 valence electrons. The van der Waals surface area contributed by atoms with E-state index in [4.69, 9.17) is 11.6 Å². The molecule has 1 N–H and O–H groups in total. The van der Waals surface area contributed by atoms with Crippen LogP contribution in [0.5, 0.6) is 0 Å². The van der Waals surface area contributed by atoms with Gasteiger partial charge in [-0.25, -0.2) is 9.50 Å². The van der Waals surface area contributed by atoms with E-state index in [9.17, 15) is 4.79 Å². The molecule has 4 aliphatic rings. The summed E-state index contributed by atoms with van der Waals surface area (Å²) in [7, 11) is 0. The normalized spacial score (nSPS) is 34.9. The number of amides is 1. The Kier molecular flexibility index (Phi) is 2.96. The number of hydrogen-bond donors (Lipinski definition) is 1. The van der Waals surface area contributed by atoms with Crippen LogP contribution in [0.4, 0.5) is 0 Å². The number of carbonyl (C=O) groups excluding carboxylic acids is 1. The van der Waals surface area contributed by atoms with E-state index in [-0.39, 0.29) is 5.91 Å². The Bertz CT molecular complexity index is 758. The van der Waals surface area contributed by atoms with Crippen LogP contribution in [0.25, 0.3) is 5.65 Å². The van der Waals surface area contributed by atoms with Gasteiger partial charge in [0, 0.05) is 18.4 Å². The summed E-state index contributed by atoms with van der Waals surface area (Å²) in [5.74, 6) is 2.92. The van der Waals surface area contributed by atoms with Gasteiger partial charge in [0.15, 0.2) is 11.3 Å². The molecule has 2 heterocycles. The van der Waals surface area contributed by atoms with Crippen molar-refractivity contribution in [3.63, 3.8) is 0 Å². The quantitative estimate of drug-likeness (QED) is 0.921. The molecule has 0 unspecified atom stereocenters. The average molecular weight is 331 g/mol. The second-order valence-corrected chi connectivity index (χ2v) is 7.86. The van der Waals surface area contributed by atoms with E-state index in [1.54, 1.807) is 23.0 Å². The number of fused-ring (bicyclic) bond motifs is 1. The highest BCUT2D eigenvalue weighted by molar-refractivity contribution is 6.36. The highest BCUT2D eigenvalue weighted by atomic mass is 35.5. The summed E-state index contributed by atoms with van der Waals surface area (Å²) < 4.78 is 1.56. The lowest BCUT2D eigenvalue weighted by atomic mass is 9.54. The maximum atomic E-state index is 12.7. The monoisotopic (exact) mass is 330 g/mol. The summed E-state index contributed by atoms with van der Waals surface area (Å²) >= 11 is 6.31. The molecule has 0 radical (unpaired) electrons. The molecule has 0 aromatic carbocycles. The van der Waals surface area contributed by atoms with Crippen LogP contribution in [0.15, 0.2) is 18.5 Å². The van der Waals surface area contributed by atoms with Crippen LogP contribution in [0.1, 0.15) is 42.6 Å². The number of carbonyl (C=O) groups is 1. The van der Waals surface area contributed by atoms with E-state index in [0.29, 0.717) is 34.2 Å². The van der Waals surface area contributed by atoms with E-state index < -0.39 is 0 Å². The van der Waals surface area contributed by atoms with E-state index in [0.717, 1.165) is 11.8 Å². The van der Waals surface area contributed by atoms with Crippen LogP contribution in [0.3, 0.4) is 0 Å². The van der Waals surface area contributed by atoms with Crippen LogP contribution in [0, 0.1) is 23.7 Å². The Morgan fingerprint density at radius 2 is 1.87 bits per heavy atom. The number of aromatic nitrogens is 3. The molecule has 0 aliphatic heterocycles. The van der Waals surface area contributed by atoms with Crippen LogP contribution in [0.2, 0.25) is 5.02 Å². The lowest BCUT2D eigenvalue weighted by molar-refractivity contribution is -0.0120. The van der Waals surface area contributed by atoms with Gasteiger partial charge in [-0.15, -0.1) is 0 Å². The zero-order chi connectivity index (χ0) is 15.6. The van der Waals surface area contributed by atoms with Crippen molar-refractivity contribution in [1.29, 1.82) is 0 Å². The highest BCUT2D eigenvalue weighted by Gasteiger charge is 2.48. The van der Waals surface area contributed by atoms with Gasteiger partial charge in [-0.05, 0) is 61.8 Å². The van der Waals surface area contributed by atoms with E-state index in [1.165, 1.54) is 32.1 Å². The minimum Gasteiger partial charge on any atom is -0.347 e. The van der Waals surface area contributed by atoms with Gasteiger partial charge in [-0.2, -0.15) is 5.10 Å². The third-order valence-electron chi connectivity index (χ3n) is 6.08. The number of rotatable bonds is 2. The SMILES string of the molecule is O=C(NC1C2CC3CC(C2)CC1C3)c1nn2cccnc2c1Cl. The molecule has 4 fully saturated rings. The average Bonchev–Trinajstić information content (AvgIpc) is 2.88. The topological polar surface area (TPSA) is 59.3 Å². The summed E-state index contributed by atoms with van der Waals surface area (Å²) in [5.41, 5.74) is 0.823. The van der Waals surface area contributed by atoms with Crippen LogP contribution >= 0.6 is 11.6 Å². The van der Waals surface area contributed by atoms with Gasteiger partial charge in [0.25, 0.3) is 5.91 Å². The summed E-state index contributed by atoms with van der Waals surface area (Å²) in [4.78, 5) is 16.9. The predicted molar refractivity (Wildman–Crippen MR) is 86.3 cm³/mol. The Morgan fingerprint density at radius 1 is 1.17 bits per heavy atom. The Labute approximate surface area is 139 Å². The number of hydrogen-bond acceptors (Lipinski definition) is 3. The molecule has 2 aromatic heterocycles. The maximum Gasteiger partial charge on any atom is 0.273 e. The molecule has 0 atom stereocenters. The molecular weight excluding hydrogens is 312 g/mol. The van der Waals surface area contributed by atoms with Crippen molar-refractivity contribution in [2.24, 2.45) is 23.7 Å². The van der Waals surface area contributed by atoms with Crippen LogP contribution in [-0.2, 0) is 0 Å². The third kappa shape index (κ3) is 2.09. The van der Waals surface area contributed by atoms with Gasteiger partial charge in [0.1, 0.15) is 5.02 Å². The zero-order valence-electron chi connectivity index (χ0n) is 12.8. The molecule has 2 aromatic rings. The number of nitrogens with one attached hydrogen (secondary N) is 1. The molecule has 4 saturated carbocycles. The fourth-order valence-electron chi connectivity index (χ4n) is 5.38. The van der Waals surface area contributed by atoms with Gasteiger partial charge in [0.05, 0.1) is 0 Å². The van der Waals surface area contributed by atoms with Crippen molar-refractivity contribution < 1.29 is 4.79 Å². The predicted octanol–water partition coefficient (Wildman–Crippen LogP) is 2.94. The second-order valence-electron chi connectivity index (χ2n) is 7.48. The smallest absolute Gasteiger partial charge is 0.273 e. The lowest BCUT2D eigenvalue weighted by Crippen LogP contribution is -2.55. The fourth-order valence-corrected chi connectivity index (χ4v) is 5.64.